The highest BCUT2D eigenvalue weighted by Gasteiger charge is 2.51. The molecule has 5 fully saturated rings. The quantitative estimate of drug-likeness (QED) is 0.775. The van der Waals surface area contributed by atoms with Gasteiger partial charge in [0, 0.05) is 18.6 Å². The van der Waals surface area contributed by atoms with Crippen LogP contribution in [-0.2, 0) is 0 Å². The van der Waals surface area contributed by atoms with Crippen molar-refractivity contribution in [2.75, 3.05) is 18.0 Å². The number of benzene rings is 1. The molecule has 1 aromatic carbocycles. The van der Waals surface area contributed by atoms with Crippen LogP contribution in [0, 0.1) is 23.7 Å². The second-order valence-corrected chi connectivity index (χ2v) is 11.0. The topological polar surface area (TPSA) is 50.2 Å². The molecule has 0 spiro atoms. The molecule has 1 atom stereocenters. The van der Waals surface area contributed by atoms with E-state index in [1.807, 2.05) is 22.9 Å². The Bertz CT molecular complexity index is 930. The van der Waals surface area contributed by atoms with E-state index in [4.69, 9.17) is 5.10 Å². The summed E-state index contributed by atoms with van der Waals surface area (Å²) in [5, 5.41) is 8.29. The molecule has 1 amide bonds. The van der Waals surface area contributed by atoms with Crippen molar-refractivity contribution in [2.45, 2.75) is 63.8 Å². The van der Waals surface area contributed by atoms with Crippen LogP contribution >= 0.6 is 0 Å². The summed E-state index contributed by atoms with van der Waals surface area (Å²) in [5.74, 6) is 4.15. The summed E-state index contributed by atoms with van der Waals surface area (Å²) in [5.41, 5.74) is 1.78. The first-order valence-corrected chi connectivity index (χ1v) is 12.3. The van der Waals surface area contributed by atoms with Crippen molar-refractivity contribution in [3.8, 4) is 5.69 Å². The molecule has 164 valence electrons. The number of aromatic nitrogens is 2. The van der Waals surface area contributed by atoms with Gasteiger partial charge in [0.15, 0.2) is 0 Å². The average Bonchev–Trinajstić information content (AvgIpc) is 3.18. The van der Waals surface area contributed by atoms with Crippen LogP contribution in [0.2, 0.25) is 0 Å². The molecule has 0 radical (unpaired) electrons. The van der Waals surface area contributed by atoms with Gasteiger partial charge in [-0.2, -0.15) is 5.10 Å². The van der Waals surface area contributed by atoms with Gasteiger partial charge in [-0.15, -0.1) is 0 Å². The molecule has 4 bridgehead atoms. The molecule has 5 nitrogen and oxygen atoms in total. The Morgan fingerprint density at radius 1 is 1.06 bits per heavy atom. The van der Waals surface area contributed by atoms with E-state index >= 15 is 0 Å². The van der Waals surface area contributed by atoms with Gasteiger partial charge in [-0.05, 0) is 87.2 Å². The number of nitrogens with one attached hydrogen (secondary N) is 1. The second-order valence-electron chi connectivity index (χ2n) is 11.0. The number of anilines is 1. The Labute approximate surface area is 185 Å². The fourth-order valence-corrected chi connectivity index (χ4v) is 7.52. The zero-order valence-corrected chi connectivity index (χ0v) is 18.6. The largest absolute Gasteiger partial charge is 0.356 e. The number of piperidine rings is 1. The molecule has 5 aliphatic rings. The fraction of sp³-hybridized carbons (Fsp3) is 0.615. The first-order chi connectivity index (χ1) is 15.1. The van der Waals surface area contributed by atoms with Gasteiger partial charge in [-0.3, -0.25) is 4.79 Å². The predicted octanol–water partition coefficient (Wildman–Crippen LogP) is 4.81. The molecule has 1 aliphatic heterocycles. The zero-order chi connectivity index (χ0) is 21.0. The summed E-state index contributed by atoms with van der Waals surface area (Å²) in [4.78, 5) is 16.1. The van der Waals surface area contributed by atoms with E-state index in [9.17, 15) is 4.79 Å². The molecular weight excluding hydrogens is 384 g/mol. The number of rotatable bonds is 4. The van der Waals surface area contributed by atoms with E-state index in [2.05, 4.69) is 29.3 Å². The molecule has 31 heavy (non-hydrogen) atoms. The minimum atomic E-state index is 0.0210. The number of carbonyl (C=O) groups is 1. The molecule has 5 heteroatoms. The van der Waals surface area contributed by atoms with Gasteiger partial charge < -0.3 is 10.2 Å². The van der Waals surface area contributed by atoms with Crippen LogP contribution in [0.1, 0.15) is 68.6 Å². The Morgan fingerprint density at radius 3 is 2.39 bits per heavy atom. The number of carbonyl (C=O) groups excluding carboxylic acids is 1. The standard InChI is InChI=1S/C26H34N4O/c1-18-6-5-9-29(17-18)25-23(16-27-30(25)22-7-3-2-4-8-22)24(31)28-26-13-19-10-20(14-26)12-21(11-19)15-26/h2-4,7-8,16,18-21H,5-6,9-15,17H2,1H3,(H,28,31). The molecule has 2 heterocycles. The minimum Gasteiger partial charge on any atom is -0.356 e. The van der Waals surface area contributed by atoms with Gasteiger partial charge in [-0.1, -0.05) is 25.1 Å². The zero-order valence-electron chi connectivity index (χ0n) is 18.6. The number of para-hydroxylation sites is 1. The van der Waals surface area contributed by atoms with E-state index in [-0.39, 0.29) is 11.4 Å². The number of amides is 1. The molecule has 7 rings (SSSR count). The van der Waals surface area contributed by atoms with Crippen LogP contribution < -0.4 is 10.2 Å². The number of nitrogens with zero attached hydrogens (tertiary/aromatic N) is 3. The summed E-state index contributed by atoms with van der Waals surface area (Å²) in [6.45, 7) is 4.28. The average molecular weight is 419 g/mol. The van der Waals surface area contributed by atoms with Gasteiger partial charge >= 0.3 is 0 Å². The maximum absolute atomic E-state index is 13.7. The normalized spacial score (nSPS) is 34.2. The molecule has 4 saturated carbocycles. The van der Waals surface area contributed by atoms with E-state index in [1.165, 1.54) is 44.9 Å². The van der Waals surface area contributed by atoms with Crippen LogP contribution in [0.5, 0.6) is 0 Å². The van der Waals surface area contributed by atoms with Crippen molar-refractivity contribution < 1.29 is 4.79 Å². The van der Waals surface area contributed by atoms with Gasteiger partial charge in [0.1, 0.15) is 11.4 Å². The van der Waals surface area contributed by atoms with Crippen molar-refractivity contribution >= 4 is 11.7 Å². The Hall–Kier alpha value is -2.30. The van der Waals surface area contributed by atoms with Crippen LogP contribution in [0.3, 0.4) is 0 Å². The summed E-state index contributed by atoms with van der Waals surface area (Å²) in [7, 11) is 0. The SMILES string of the molecule is CC1CCCN(c2c(C(=O)NC34CC5CC(CC(C5)C3)C4)cnn2-c2ccccc2)C1. The lowest BCUT2D eigenvalue weighted by Gasteiger charge is -2.56. The summed E-state index contributed by atoms with van der Waals surface area (Å²) >= 11 is 0. The van der Waals surface area contributed by atoms with Gasteiger partial charge in [0.05, 0.1) is 11.9 Å². The third-order valence-corrected chi connectivity index (χ3v) is 8.36. The minimum absolute atomic E-state index is 0.0210. The van der Waals surface area contributed by atoms with Gasteiger partial charge in [0.25, 0.3) is 5.91 Å². The third kappa shape index (κ3) is 3.46. The van der Waals surface area contributed by atoms with Gasteiger partial charge in [-0.25, -0.2) is 4.68 Å². The van der Waals surface area contributed by atoms with Crippen LogP contribution in [0.4, 0.5) is 5.82 Å². The summed E-state index contributed by atoms with van der Waals surface area (Å²) in [6.07, 6.45) is 11.9. The van der Waals surface area contributed by atoms with Crippen molar-refractivity contribution in [1.82, 2.24) is 15.1 Å². The second kappa shape index (κ2) is 7.39. The lowest BCUT2D eigenvalue weighted by atomic mass is 9.53. The smallest absolute Gasteiger partial charge is 0.257 e. The Balaban J connectivity index is 1.34. The lowest BCUT2D eigenvalue weighted by Crippen LogP contribution is -2.59. The summed E-state index contributed by atoms with van der Waals surface area (Å²) < 4.78 is 1.98. The van der Waals surface area contributed by atoms with E-state index in [1.54, 1.807) is 6.20 Å². The first kappa shape index (κ1) is 19.4. The molecule has 1 N–H and O–H groups in total. The third-order valence-electron chi connectivity index (χ3n) is 8.36. The van der Waals surface area contributed by atoms with Crippen LogP contribution in [-0.4, -0.2) is 34.3 Å². The number of hydrogen-bond donors (Lipinski definition) is 1. The molecular formula is C26H34N4O. The molecule has 4 aliphatic carbocycles. The Morgan fingerprint density at radius 2 is 1.74 bits per heavy atom. The highest BCUT2D eigenvalue weighted by atomic mass is 16.2. The maximum Gasteiger partial charge on any atom is 0.257 e. The fourth-order valence-electron chi connectivity index (χ4n) is 7.52. The highest BCUT2D eigenvalue weighted by Crippen LogP contribution is 2.55. The van der Waals surface area contributed by atoms with Crippen molar-refractivity contribution in [3.05, 3.63) is 42.1 Å². The first-order valence-electron chi connectivity index (χ1n) is 12.3. The lowest BCUT2D eigenvalue weighted by molar-refractivity contribution is -0.0166. The van der Waals surface area contributed by atoms with Gasteiger partial charge in [0.2, 0.25) is 0 Å². The van der Waals surface area contributed by atoms with Crippen LogP contribution in [0.25, 0.3) is 5.69 Å². The molecule has 1 saturated heterocycles. The monoisotopic (exact) mass is 418 g/mol. The van der Waals surface area contributed by atoms with E-state index in [0.717, 1.165) is 54.3 Å². The maximum atomic E-state index is 13.7. The van der Waals surface area contributed by atoms with E-state index < -0.39 is 0 Å². The molecule has 1 unspecified atom stereocenters. The highest BCUT2D eigenvalue weighted by molar-refractivity contribution is 5.99. The van der Waals surface area contributed by atoms with Crippen molar-refractivity contribution in [2.24, 2.45) is 23.7 Å². The van der Waals surface area contributed by atoms with Crippen molar-refractivity contribution in [3.63, 3.8) is 0 Å². The predicted molar refractivity (Wildman–Crippen MR) is 123 cm³/mol. The van der Waals surface area contributed by atoms with Crippen LogP contribution in [0.15, 0.2) is 36.5 Å². The molecule has 1 aromatic heterocycles. The molecule has 2 aromatic rings. The van der Waals surface area contributed by atoms with E-state index in [0.29, 0.717) is 5.92 Å². The van der Waals surface area contributed by atoms with Crippen molar-refractivity contribution in [1.29, 1.82) is 0 Å². The number of hydrogen-bond acceptors (Lipinski definition) is 3. The Kier molecular flexibility index (Phi) is 4.62. The summed E-state index contributed by atoms with van der Waals surface area (Å²) in [6, 6.07) is 10.2.